The number of carbonyl (C=O) groups is 3. The van der Waals surface area contributed by atoms with E-state index in [4.69, 9.17) is 0 Å². The van der Waals surface area contributed by atoms with Crippen molar-refractivity contribution in [3.63, 3.8) is 0 Å². The number of hydrogen-bond acceptors (Lipinski definition) is 5. The van der Waals surface area contributed by atoms with Crippen molar-refractivity contribution in [2.45, 2.75) is 26.7 Å². The van der Waals surface area contributed by atoms with Gasteiger partial charge in [-0.15, -0.1) is 0 Å². The van der Waals surface area contributed by atoms with E-state index in [1.807, 2.05) is 0 Å². The summed E-state index contributed by atoms with van der Waals surface area (Å²) >= 11 is 0. The van der Waals surface area contributed by atoms with E-state index in [0.717, 1.165) is 0 Å². The summed E-state index contributed by atoms with van der Waals surface area (Å²) < 4.78 is 4.56. The van der Waals surface area contributed by atoms with E-state index in [1.165, 1.54) is 25.6 Å². The average molecular weight is 294 g/mol. The molecule has 0 atom stereocenters. The molecule has 0 saturated carbocycles. The number of nitrogens with one attached hydrogen (secondary N) is 1. The first-order valence-corrected chi connectivity index (χ1v) is 6.49. The topological polar surface area (TPSA) is 106 Å². The molecule has 0 unspecified atom stereocenters. The van der Waals surface area contributed by atoms with Crippen LogP contribution in [0.15, 0.2) is 18.5 Å². The minimum atomic E-state index is -1.50. The molecule has 0 spiro atoms. The Morgan fingerprint density at radius 2 is 1.90 bits per heavy atom. The third-order valence-corrected chi connectivity index (χ3v) is 3.47. The van der Waals surface area contributed by atoms with Crippen LogP contribution < -0.4 is 5.32 Å². The standard InChI is InChI=1S/C14H18N2O5/c1-4-14(5-2,13(19)20)12(18)16-10-6-9(7-15-8-10)11(17)21-3/h6-8H,4-5H2,1-3H3,(H,16,18)(H,19,20). The number of rotatable bonds is 6. The number of carbonyl (C=O) groups excluding carboxylic acids is 2. The number of amides is 1. The van der Waals surface area contributed by atoms with Gasteiger partial charge in [0.2, 0.25) is 5.91 Å². The van der Waals surface area contributed by atoms with Gasteiger partial charge in [-0.05, 0) is 18.9 Å². The molecule has 0 aliphatic heterocycles. The summed E-state index contributed by atoms with van der Waals surface area (Å²) in [5.41, 5.74) is -1.08. The van der Waals surface area contributed by atoms with Gasteiger partial charge < -0.3 is 15.2 Å². The maximum absolute atomic E-state index is 12.3. The number of pyridine rings is 1. The third-order valence-electron chi connectivity index (χ3n) is 3.47. The van der Waals surface area contributed by atoms with Crippen LogP contribution in [0.1, 0.15) is 37.0 Å². The molecular weight excluding hydrogens is 276 g/mol. The first kappa shape index (κ1) is 16.6. The van der Waals surface area contributed by atoms with Crippen LogP contribution in [0.4, 0.5) is 5.69 Å². The zero-order valence-corrected chi connectivity index (χ0v) is 12.2. The fourth-order valence-electron chi connectivity index (χ4n) is 1.96. The van der Waals surface area contributed by atoms with Gasteiger partial charge in [0.05, 0.1) is 24.6 Å². The number of ether oxygens (including phenoxy) is 1. The molecule has 0 aliphatic rings. The molecule has 114 valence electrons. The van der Waals surface area contributed by atoms with Gasteiger partial charge in [0, 0.05) is 6.20 Å². The number of esters is 1. The van der Waals surface area contributed by atoms with Gasteiger partial charge in [0.15, 0.2) is 0 Å². The summed E-state index contributed by atoms with van der Waals surface area (Å²) in [4.78, 5) is 38.9. The van der Waals surface area contributed by atoms with Crippen LogP contribution in [0.3, 0.4) is 0 Å². The Hall–Kier alpha value is -2.44. The van der Waals surface area contributed by atoms with Crippen molar-refractivity contribution < 1.29 is 24.2 Å². The van der Waals surface area contributed by atoms with E-state index in [1.54, 1.807) is 13.8 Å². The van der Waals surface area contributed by atoms with Gasteiger partial charge >= 0.3 is 11.9 Å². The van der Waals surface area contributed by atoms with Crippen LogP contribution in [0, 0.1) is 5.41 Å². The molecule has 0 aromatic carbocycles. The second kappa shape index (κ2) is 6.83. The van der Waals surface area contributed by atoms with Crippen LogP contribution in [0.2, 0.25) is 0 Å². The molecule has 1 aromatic heterocycles. The second-order valence-corrected chi connectivity index (χ2v) is 4.50. The van der Waals surface area contributed by atoms with E-state index >= 15 is 0 Å². The van der Waals surface area contributed by atoms with Crippen molar-refractivity contribution in [3.8, 4) is 0 Å². The lowest BCUT2D eigenvalue weighted by Crippen LogP contribution is -2.42. The molecule has 1 aromatic rings. The van der Waals surface area contributed by atoms with Crippen LogP contribution in [-0.4, -0.2) is 35.0 Å². The molecule has 0 aliphatic carbocycles. The SMILES string of the molecule is CCC(CC)(C(=O)O)C(=O)Nc1cncc(C(=O)OC)c1. The largest absolute Gasteiger partial charge is 0.480 e. The Morgan fingerprint density at radius 3 is 2.38 bits per heavy atom. The fraction of sp³-hybridized carbons (Fsp3) is 0.429. The Balaban J connectivity index is 3.02. The molecule has 2 N–H and O–H groups in total. The van der Waals surface area contributed by atoms with Gasteiger partial charge in [-0.25, -0.2) is 4.79 Å². The zero-order valence-electron chi connectivity index (χ0n) is 12.2. The van der Waals surface area contributed by atoms with Crippen LogP contribution in [0.5, 0.6) is 0 Å². The lowest BCUT2D eigenvalue weighted by molar-refractivity contribution is -0.154. The van der Waals surface area contributed by atoms with Crippen molar-refractivity contribution >= 4 is 23.5 Å². The van der Waals surface area contributed by atoms with E-state index < -0.39 is 23.3 Å². The van der Waals surface area contributed by atoms with E-state index in [-0.39, 0.29) is 24.1 Å². The minimum Gasteiger partial charge on any atom is -0.480 e. The lowest BCUT2D eigenvalue weighted by Gasteiger charge is -2.25. The summed E-state index contributed by atoms with van der Waals surface area (Å²) in [6.45, 7) is 3.28. The fourth-order valence-corrected chi connectivity index (χ4v) is 1.96. The predicted molar refractivity (Wildman–Crippen MR) is 74.9 cm³/mol. The minimum absolute atomic E-state index is 0.161. The molecule has 1 amide bonds. The van der Waals surface area contributed by atoms with E-state index in [9.17, 15) is 19.5 Å². The van der Waals surface area contributed by atoms with Gasteiger partial charge in [-0.1, -0.05) is 13.8 Å². The molecule has 7 heteroatoms. The molecule has 1 heterocycles. The molecule has 0 saturated heterocycles. The number of carboxylic acids is 1. The third kappa shape index (κ3) is 3.36. The number of nitrogens with zero attached hydrogens (tertiary/aromatic N) is 1. The Bertz CT molecular complexity index is 552. The first-order valence-electron chi connectivity index (χ1n) is 6.49. The van der Waals surface area contributed by atoms with Crippen LogP contribution in [0.25, 0.3) is 0 Å². The molecule has 0 fully saturated rings. The zero-order chi connectivity index (χ0) is 16.0. The Kier molecular flexibility index (Phi) is 5.40. The van der Waals surface area contributed by atoms with Crippen molar-refractivity contribution in [1.82, 2.24) is 4.98 Å². The first-order chi connectivity index (χ1) is 9.91. The number of aliphatic carboxylic acids is 1. The summed E-state index contributed by atoms with van der Waals surface area (Å²) in [5, 5.41) is 11.8. The number of aromatic nitrogens is 1. The molecule has 21 heavy (non-hydrogen) atoms. The molecule has 7 nitrogen and oxygen atoms in total. The lowest BCUT2D eigenvalue weighted by atomic mass is 9.81. The predicted octanol–water partition coefficient (Wildman–Crippen LogP) is 1.70. The van der Waals surface area contributed by atoms with Gasteiger partial charge in [0.25, 0.3) is 0 Å². The summed E-state index contributed by atoms with van der Waals surface area (Å²) in [6, 6.07) is 1.38. The van der Waals surface area contributed by atoms with Gasteiger partial charge in [-0.2, -0.15) is 0 Å². The summed E-state index contributed by atoms with van der Waals surface area (Å²) in [7, 11) is 1.23. The van der Waals surface area contributed by atoms with Gasteiger partial charge in [-0.3, -0.25) is 14.6 Å². The highest BCUT2D eigenvalue weighted by Gasteiger charge is 2.42. The summed E-state index contributed by atoms with van der Waals surface area (Å²) in [5.74, 6) is -2.40. The number of methoxy groups -OCH3 is 1. The van der Waals surface area contributed by atoms with Crippen LogP contribution in [-0.2, 0) is 14.3 Å². The molecule has 0 bridgehead atoms. The van der Waals surface area contributed by atoms with Crippen molar-refractivity contribution in [2.75, 3.05) is 12.4 Å². The Morgan fingerprint density at radius 1 is 1.29 bits per heavy atom. The molecular formula is C14H18N2O5. The second-order valence-electron chi connectivity index (χ2n) is 4.50. The van der Waals surface area contributed by atoms with Crippen molar-refractivity contribution in [3.05, 3.63) is 24.0 Å². The van der Waals surface area contributed by atoms with Crippen molar-refractivity contribution in [2.24, 2.45) is 5.41 Å². The van der Waals surface area contributed by atoms with E-state index in [0.29, 0.717) is 0 Å². The Labute approximate surface area is 122 Å². The normalized spacial score (nSPS) is 10.8. The number of carboxylic acid groups (broad SMARTS) is 1. The number of hydrogen-bond donors (Lipinski definition) is 2. The molecule has 1 rings (SSSR count). The summed E-state index contributed by atoms with van der Waals surface area (Å²) in [6.07, 6.45) is 2.96. The van der Waals surface area contributed by atoms with Crippen LogP contribution >= 0.6 is 0 Å². The smallest absolute Gasteiger partial charge is 0.339 e. The highest BCUT2D eigenvalue weighted by molar-refractivity contribution is 6.08. The highest BCUT2D eigenvalue weighted by Crippen LogP contribution is 2.28. The van der Waals surface area contributed by atoms with Gasteiger partial charge in [0.1, 0.15) is 5.41 Å². The highest BCUT2D eigenvalue weighted by atomic mass is 16.5. The molecule has 0 radical (unpaired) electrons. The monoisotopic (exact) mass is 294 g/mol. The maximum Gasteiger partial charge on any atom is 0.339 e. The maximum atomic E-state index is 12.3. The quantitative estimate of drug-likeness (QED) is 0.611. The van der Waals surface area contributed by atoms with Crippen molar-refractivity contribution in [1.29, 1.82) is 0 Å². The van der Waals surface area contributed by atoms with E-state index in [2.05, 4.69) is 15.0 Å². The average Bonchev–Trinajstić information content (AvgIpc) is 2.48. The number of anilines is 1.